The molecule has 3 aromatic rings. The topological polar surface area (TPSA) is 25.8 Å². The molecule has 2 aliphatic carbocycles. The highest BCUT2D eigenvalue weighted by atomic mass is 14.8. The zero-order valence-corrected chi connectivity index (χ0v) is 12.5. The SMILES string of the molecule is c1ccc(-c2nc3ccc2CCc2ccc(cc2)CC3)nc1. The Balaban J connectivity index is 1.79. The fraction of sp³-hybridized carbons (Fsp3) is 0.200. The van der Waals surface area contributed by atoms with Gasteiger partial charge in [-0.3, -0.25) is 9.97 Å². The Bertz CT molecular complexity index is 777. The monoisotopic (exact) mass is 286 g/mol. The average Bonchev–Trinajstić information content (AvgIpc) is 2.58. The highest BCUT2D eigenvalue weighted by molar-refractivity contribution is 5.59. The van der Waals surface area contributed by atoms with Crippen LogP contribution >= 0.6 is 0 Å². The molecule has 0 amide bonds. The molecule has 0 saturated carbocycles. The smallest absolute Gasteiger partial charge is 0.0921 e. The van der Waals surface area contributed by atoms with Gasteiger partial charge < -0.3 is 0 Å². The van der Waals surface area contributed by atoms with Gasteiger partial charge in [0.25, 0.3) is 0 Å². The van der Waals surface area contributed by atoms with Gasteiger partial charge in [-0.05, 0) is 60.6 Å². The minimum absolute atomic E-state index is 0.972. The summed E-state index contributed by atoms with van der Waals surface area (Å²) >= 11 is 0. The van der Waals surface area contributed by atoms with Crippen LogP contribution in [-0.2, 0) is 25.7 Å². The van der Waals surface area contributed by atoms with Crippen LogP contribution in [-0.4, -0.2) is 9.97 Å². The van der Waals surface area contributed by atoms with Gasteiger partial charge in [0.2, 0.25) is 0 Å². The standard InChI is InChI=1S/C20H18N2/c1-2-14-21-19(3-1)20-17-10-8-15-4-6-16(7-5-15)9-12-18(22-20)13-11-17/h1-7,11,13-14H,8-10,12H2. The van der Waals surface area contributed by atoms with Gasteiger partial charge in [-0.15, -0.1) is 0 Å². The molecule has 0 fully saturated rings. The minimum atomic E-state index is 0.972. The Morgan fingerprint density at radius 3 is 2.18 bits per heavy atom. The number of aromatic nitrogens is 2. The van der Waals surface area contributed by atoms with Gasteiger partial charge in [0.15, 0.2) is 0 Å². The lowest BCUT2D eigenvalue weighted by molar-refractivity contribution is 0.882. The first-order chi connectivity index (χ1) is 10.9. The van der Waals surface area contributed by atoms with E-state index in [-0.39, 0.29) is 0 Å². The molecule has 0 spiro atoms. The zero-order valence-electron chi connectivity index (χ0n) is 12.5. The molecule has 0 unspecified atom stereocenters. The fourth-order valence-corrected chi connectivity index (χ4v) is 3.02. The lowest BCUT2D eigenvalue weighted by Gasteiger charge is -2.13. The summed E-state index contributed by atoms with van der Waals surface area (Å²) in [5.41, 5.74) is 7.23. The second-order valence-electron chi connectivity index (χ2n) is 5.84. The van der Waals surface area contributed by atoms with Crippen LogP contribution in [0.25, 0.3) is 11.4 Å². The van der Waals surface area contributed by atoms with Crippen molar-refractivity contribution < 1.29 is 0 Å². The van der Waals surface area contributed by atoms with Crippen LogP contribution in [0.1, 0.15) is 22.4 Å². The van der Waals surface area contributed by atoms with E-state index in [0.717, 1.165) is 42.8 Å². The van der Waals surface area contributed by atoms with E-state index < -0.39 is 0 Å². The lowest BCUT2D eigenvalue weighted by atomic mass is 9.97. The number of nitrogens with zero attached hydrogens (tertiary/aromatic N) is 2. The summed E-state index contributed by atoms with van der Waals surface area (Å²) in [4.78, 5) is 9.41. The van der Waals surface area contributed by atoms with Crippen LogP contribution in [0, 0.1) is 0 Å². The van der Waals surface area contributed by atoms with E-state index in [0.29, 0.717) is 0 Å². The van der Waals surface area contributed by atoms with Crippen LogP contribution < -0.4 is 0 Å². The average molecular weight is 286 g/mol. The molecule has 1 aromatic carbocycles. The van der Waals surface area contributed by atoms with Crippen LogP contribution in [0.4, 0.5) is 0 Å². The predicted octanol–water partition coefficient (Wildman–Crippen LogP) is 4.03. The van der Waals surface area contributed by atoms with Crippen LogP contribution in [0.15, 0.2) is 60.8 Å². The second-order valence-corrected chi connectivity index (χ2v) is 5.84. The molecule has 22 heavy (non-hydrogen) atoms. The number of hydrogen-bond acceptors (Lipinski definition) is 2. The third-order valence-corrected chi connectivity index (χ3v) is 4.32. The molecule has 4 aliphatic rings. The Labute approximate surface area is 130 Å². The summed E-state index contributed by atoms with van der Waals surface area (Å²) in [7, 11) is 0. The number of hydrogen-bond donors (Lipinski definition) is 0. The molecule has 0 saturated heterocycles. The fourth-order valence-electron chi connectivity index (χ4n) is 3.02. The van der Waals surface area contributed by atoms with E-state index in [1.54, 1.807) is 0 Å². The molecule has 2 nitrogen and oxygen atoms in total. The Kier molecular flexibility index (Phi) is 3.43. The van der Waals surface area contributed by atoms with Crippen LogP contribution in [0.3, 0.4) is 0 Å². The third kappa shape index (κ3) is 2.64. The largest absolute Gasteiger partial charge is 0.255 e. The molecular formula is C20H18N2. The number of pyridine rings is 2. The molecule has 108 valence electrons. The molecular weight excluding hydrogens is 268 g/mol. The van der Waals surface area contributed by atoms with Crippen molar-refractivity contribution in [2.45, 2.75) is 25.7 Å². The number of aryl methyl sites for hydroxylation is 4. The first-order valence-corrected chi connectivity index (χ1v) is 7.86. The lowest BCUT2D eigenvalue weighted by Crippen LogP contribution is -2.03. The quantitative estimate of drug-likeness (QED) is 0.675. The molecule has 0 atom stereocenters. The Hall–Kier alpha value is -2.48. The highest BCUT2D eigenvalue weighted by Gasteiger charge is 2.11. The molecule has 7 rings (SSSR count). The summed E-state index contributed by atoms with van der Waals surface area (Å²) in [6.45, 7) is 0. The molecule has 2 aromatic heterocycles. The maximum Gasteiger partial charge on any atom is 0.0921 e. The molecule has 4 heterocycles. The predicted molar refractivity (Wildman–Crippen MR) is 88.7 cm³/mol. The molecule has 2 heteroatoms. The minimum Gasteiger partial charge on any atom is -0.255 e. The maximum atomic E-state index is 4.91. The van der Waals surface area contributed by atoms with E-state index in [1.807, 2.05) is 18.3 Å². The summed E-state index contributed by atoms with van der Waals surface area (Å²) in [6.07, 6.45) is 5.89. The first kappa shape index (κ1) is 13.2. The van der Waals surface area contributed by atoms with E-state index in [9.17, 15) is 0 Å². The van der Waals surface area contributed by atoms with E-state index in [1.165, 1.54) is 16.7 Å². The summed E-state index contributed by atoms with van der Waals surface area (Å²) in [6, 6.07) is 19.5. The molecule has 0 N–H and O–H groups in total. The number of benzene rings is 1. The van der Waals surface area contributed by atoms with Crippen molar-refractivity contribution in [3.8, 4) is 11.4 Å². The highest BCUT2D eigenvalue weighted by Crippen LogP contribution is 2.23. The van der Waals surface area contributed by atoms with Gasteiger partial charge >= 0.3 is 0 Å². The van der Waals surface area contributed by atoms with Crippen LogP contribution in [0.5, 0.6) is 0 Å². The van der Waals surface area contributed by atoms with Crippen molar-refractivity contribution >= 4 is 0 Å². The maximum absolute atomic E-state index is 4.91. The van der Waals surface area contributed by atoms with Gasteiger partial charge in [0.1, 0.15) is 0 Å². The Morgan fingerprint density at radius 2 is 1.45 bits per heavy atom. The van der Waals surface area contributed by atoms with Crippen molar-refractivity contribution in [2.75, 3.05) is 0 Å². The van der Waals surface area contributed by atoms with Crippen molar-refractivity contribution in [3.05, 3.63) is 83.2 Å². The van der Waals surface area contributed by atoms with Gasteiger partial charge in [-0.2, -0.15) is 0 Å². The molecule has 0 radical (unpaired) electrons. The van der Waals surface area contributed by atoms with Gasteiger partial charge in [0.05, 0.1) is 11.4 Å². The number of rotatable bonds is 1. The van der Waals surface area contributed by atoms with Gasteiger partial charge in [-0.1, -0.05) is 36.4 Å². The normalized spacial score (nSPS) is 13.6. The van der Waals surface area contributed by atoms with Gasteiger partial charge in [0, 0.05) is 11.9 Å². The van der Waals surface area contributed by atoms with Crippen molar-refractivity contribution in [2.24, 2.45) is 0 Å². The summed E-state index contributed by atoms with van der Waals surface area (Å²) < 4.78 is 0. The molecule has 2 aliphatic heterocycles. The van der Waals surface area contributed by atoms with E-state index in [2.05, 4.69) is 47.4 Å². The van der Waals surface area contributed by atoms with Crippen molar-refractivity contribution in [3.63, 3.8) is 0 Å². The van der Waals surface area contributed by atoms with Crippen LogP contribution in [0.2, 0.25) is 0 Å². The van der Waals surface area contributed by atoms with Crippen molar-refractivity contribution in [1.29, 1.82) is 0 Å². The van der Waals surface area contributed by atoms with Crippen molar-refractivity contribution in [1.82, 2.24) is 9.97 Å². The van der Waals surface area contributed by atoms with E-state index >= 15 is 0 Å². The second kappa shape index (κ2) is 5.72. The molecule has 4 bridgehead atoms. The summed E-state index contributed by atoms with van der Waals surface area (Å²) in [5, 5.41) is 0. The third-order valence-electron chi connectivity index (χ3n) is 4.32. The zero-order chi connectivity index (χ0) is 14.8. The summed E-state index contributed by atoms with van der Waals surface area (Å²) in [5.74, 6) is 0. The Morgan fingerprint density at radius 1 is 0.682 bits per heavy atom. The van der Waals surface area contributed by atoms with Gasteiger partial charge in [-0.25, -0.2) is 0 Å². The van der Waals surface area contributed by atoms with E-state index in [4.69, 9.17) is 4.98 Å². The first-order valence-electron chi connectivity index (χ1n) is 7.86.